The second kappa shape index (κ2) is 9.68. The SMILES string of the molecule is Cc1cc(C(=O)N[C@@H](C)CC2CCC3(CC2)OC(=O)NN=C3c2cnc(N3C[C@@H]4C[C@H]3CO4)cc2C)n[nH]1. The van der Waals surface area contributed by atoms with Crippen LogP contribution >= 0.6 is 0 Å². The molecule has 3 fully saturated rings. The highest BCUT2D eigenvalue weighted by Gasteiger charge is 2.47. The quantitative estimate of drug-likeness (QED) is 0.532. The molecule has 2 aromatic heterocycles. The molecule has 5 heterocycles. The molecule has 2 aromatic rings. The minimum absolute atomic E-state index is 0.00695. The van der Waals surface area contributed by atoms with Gasteiger partial charge in [0.2, 0.25) is 0 Å². The molecule has 1 spiro atoms. The predicted octanol–water partition coefficient (Wildman–Crippen LogP) is 2.98. The van der Waals surface area contributed by atoms with E-state index in [-0.39, 0.29) is 11.9 Å². The first-order chi connectivity index (χ1) is 18.3. The number of nitrogens with zero attached hydrogens (tertiary/aromatic N) is 4. The lowest BCUT2D eigenvalue weighted by Crippen LogP contribution is -2.52. The third-order valence-electron chi connectivity index (χ3n) is 8.44. The molecule has 38 heavy (non-hydrogen) atoms. The Morgan fingerprint density at radius 1 is 1.29 bits per heavy atom. The van der Waals surface area contributed by atoms with Crippen molar-refractivity contribution in [2.24, 2.45) is 11.0 Å². The third kappa shape index (κ3) is 4.63. The van der Waals surface area contributed by atoms with Crippen molar-refractivity contribution < 1.29 is 19.1 Å². The van der Waals surface area contributed by atoms with E-state index in [2.05, 4.69) is 43.9 Å². The Morgan fingerprint density at radius 2 is 2.11 bits per heavy atom. The number of rotatable bonds is 6. The number of hydrogen-bond donors (Lipinski definition) is 3. The highest BCUT2D eigenvalue weighted by Crippen LogP contribution is 2.41. The van der Waals surface area contributed by atoms with Gasteiger partial charge in [0.1, 0.15) is 17.2 Å². The molecule has 1 saturated carbocycles. The molecule has 6 rings (SSSR count). The van der Waals surface area contributed by atoms with E-state index in [9.17, 15) is 9.59 Å². The van der Waals surface area contributed by atoms with Crippen LogP contribution in [0.15, 0.2) is 23.4 Å². The highest BCUT2D eigenvalue weighted by atomic mass is 16.6. The summed E-state index contributed by atoms with van der Waals surface area (Å²) in [7, 11) is 0. The monoisotopic (exact) mass is 521 g/mol. The third-order valence-corrected chi connectivity index (χ3v) is 8.44. The summed E-state index contributed by atoms with van der Waals surface area (Å²) in [6.45, 7) is 7.59. The van der Waals surface area contributed by atoms with Crippen molar-refractivity contribution in [1.82, 2.24) is 25.9 Å². The van der Waals surface area contributed by atoms with Crippen molar-refractivity contribution in [3.8, 4) is 0 Å². The number of ether oxygens (including phenoxy) is 2. The van der Waals surface area contributed by atoms with Crippen molar-refractivity contribution >= 4 is 23.5 Å². The van der Waals surface area contributed by atoms with Crippen molar-refractivity contribution in [2.75, 3.05) is 18.1 Å². The molecule has 11 nitrogen and oxygen atoms in total. The van der Waals surface area contributed by atoms with Crippen molar-refractivity contribution in [3.05, 3.63) is 40.8 Å². The number of morpholine rings is 1. The Balaban J connectivity index is 1.12. The van der Waals surface area contributed by atoms with Crippen LogP contribution in [0.1, 0.15) is 72.8 Å². The van der Waals surface area contributed by atoms with Gasteiger partial charge in [-0.1, -0.05) is 0 Å². The normalized spacial score (nSPS) is 29.1. The fourth-order valence-corrected chi connectivity index (χ4v) is 6.49. The molecule has 2 amide bonds. The maximum Gasteiger partial charge on any atom is 0.428 e. The molecule has 4 aliphatic rings. The van der Waals surface area contributed by atoms with E-state index in [0.29, 0.717) is 36.6 Å². The zero-order valence-electron chi connectivity index (χ0n) is 22.1. The summed E-state index contributed by atoms with van der Waals surface area (Å²) >= 11 is 0. The standard InChI is InChI=1S/C27H35N7O4/c1-15-8-23(34-13-20-11-19(34)14-37-20)28-12-21(15)24-27(38-26(36)33-32-24)6-4-18(5-7-27)9-16(2)29-25(35)22-10-17(3)30-31-22/h8,10,12,16,18-20H,4-7,9,11,13-14H2,1-3H3,(H,29,35)(H,30,31)(H,33,36)/t16-,18?,19-,20-,27?/m0/s1. The van der Waals surface area contributed by atoms with E-state index in [1.54, 1.807) is 6.07 Å². The number of nitrogens with one attached hydrogen (secondary N) is 3. The second-order valence-corrected chi connectivity index (χ2v) is 11.3. The fraction of sp³-hybridized carbons (Fsp3) is 0.593. The summed E-state index contributed by atoms with van der Waals surface area (Å²) in [6.07, 6.45) is 6.67. The van der Waals surface area contributed by atoms with Gasteiger partial charge in [-0.2, -0.15) is 10.2 Å². The number of fused-ring (bicyclic) bond motifs is 2. The number of carbonyl (C=O) groups is 2. The molecule has 3 N–H and O–H groups in total. The fourth-order valence-electron chi connectivity index (χ4n) is 6.49. The molecule has 3 atom stereocenters. The van der Waals surface area contributed by atoms with E-state index in [0.717, 1.165) is 67.2 Å². The lowest BCUT2D eigenvalue weighted by molar-refractivity contribution is 0.0154. The summed E-state index contributed by atoms with van der Waals surface area (Å²) < 4.78 is 11.7. The molecule has 0 radical (unpaired) electrons. The van der Waals surface area contributed by atoms with Crippen LogP contribution in [0, 0.1) is 19.8 Å². The first-order valence-electron chi connectivity index (χ1n) is 13.5. The Bertz CT molecular complexity index is 1270. The largest absolute Gasteiger partial charge is 0.435 e. The number of anilines is 1. The molecule has 0 unspecified atom stereocenters. The lowest BCUT2D eigenvalue weighted by Gasteiger charge is -2.42. The van der Waals surface area contributed by atoms with Crippen LogP contribution in [0.5, 0.6) is 0 Å². The molecule has 11 heteroatoms. The summed E-state index contributed by atoms with van der Waals surface area (Å²) in [5, 5.41) is 14.4. The Labute approximate surface area is 221 Å². The van der Waals surface area contributed by atoms with Gasteiger partial charge in [0.25, 0.3) is 5.91 Å². The van der Waals surface area contributed by atoms with E-state index in [1.807, 2.05) is 20.0 Å². The first-order valence-corrected chi connectivity index (χ1v) is 13.5. The summed E-state index contributed by atoms with van der Waals surface area (Å²) in [6, 6.07) is 4.25. The van der Waals surface area contributed by atoms with Crippen LogP contribution in [-0.2, 0) is 9.47 Å². The second-order valence-electron chi connectivity index (χ2n) is 11.3. The van der Waals surface area contributed by atoms with E-state index >= 15 is 0 Å². The smallest absolute Gasteiger partial charge is 0.428 e. The van der Waals surface area contributed by atoms with Gasteiger partial charge in [0.05, 0.1) is 18.8 Å². The van der Waals surface area contributed by atoms with Gasteiger partial charge in [-0.15, -0.1) is 0 Å². The molecule has 2 saturated heterocycles. The molecule has 202 valence electrons. The van der Waals surface area contributed by atoms with Gasteiger partial charge in [-0.25, -0.2) is 15.2 Å². The van der Waals surface area contributed by atoms with Crippen molar-refractivity contribution in [3.63, 3.8) is 0 Å². The number of aromatic amines is 1. The van der Waals surface area contributed by atoms with Gasteiger partial charge < -0.3 is 19.7 Å². The maximum atomic E-state index is 12.5. The molecular formula is C27H35N7O4. The average Bonchev–Trinajstić information content (AvgIpc) is 3.64. The Kier molecular flexibility index (Phi) is 6.33. The number of aromatic nitrogens is 3. The summed E-state index contributed by atoms with van der Waals surface area (Å²) in [5.74, 6) is 1.19. The van der Waals surface area contributed by atoms with Gasteiger partial charge in [-0.05, 0) is 82.9 Å². The number of carbonyl (C=O) groups excluding carboxylic acids is 2. The van der Waals surface area contributed by atoms with Crippen LogP contribution in [0.2, 0.25) is 0 Å². The van der Waals surface area contributed by atoms with E-state index in [4.69, 9.17) is 14.5 Å². The topological polar surface area (TPSA) is 134 Å². The number of hydrogen-bond acceptors (Lipinski definition) is 8. The molecule has 0 aromatic carbocycles. The number of amides is 2. The number of pyridine rings is 1. The average molecular weight is 522 g/mol. The molecule has 3 aliphatic heterocycles. The van der Waals surface area contributed by atoms with Crippen LogP contribution in [0.3, 0.4) is 0 Å². The lowest BCUT2D eigenvalue weighted by atomic mass is 9.72. The molecule has 1 aliphatic carbocycles. The summed E-state index contributed by atoms with van der Waals surface area (Å²) in [4.78, 5) is 31.9. The van der Waals surface area contributed by atoms with Crippen molar-refractivity contribution in [2.45, 2.75) is 83.1 Å². The van der Waals surface area contributed by atoms with Gasteiger partial charge in [-0.3, -0.25) is 9.89 Å². The molecular weight excluding hydrogens is 486 g/mol. The van der Waals surface area contributed by atoms with Crippen molar-refractivity contribution in [1.29, 1.82) is 0 Å². The van der Waals surface area contributed by atoms with E-state index in [1.165, 1.54) is 0 Å². The zero-order valence-corrected chi connectivity index (χ0v) is 22.1. The van der Waals surface area contributed by atoms with Crippen LogP contribution < -0.4 is 15.6 Å². The maximum absolute atomic E-state index is 12.5. The van der Waals surface area contributed by atoms with Gasteiger partial charge in [0.15, 0.2) is 5.60 Å². The van der Waals surface area contributed by atoms with Gasteiger partial charge in [0, 0.05) is 30.0 Å². The highest BCUT2D eigenvalue weighted by molar-refractivity contribution is 6.09. The molecule has 2 bridgehead atoms. The minimum atomic E-state index is -0.771. The zero-order chi connectivity index (χ0) is 26.4. The Morgan fingerprint density at radius 3 is 2.76 bits per heavy atom. The van der Waals surface area contributed by atoms with Gasteiger partial charge >= 0.3 is 6.09 Å². The van der Waals surface area contributed by atoms with Crippen LogP contribution in [0.25, 0.3) is 0 Å². The summed E-state index contributed by atoms with van der Waals surface area (Å²) in [5.41, 5.74) is 5.71. The Hall–Kier alpha value is -3.47. The number of hydrazone groups is 1. The first kappa shape index (κ1) is 24.8. The number of H-pyrrole nitrogens is 1. The number of aryl methyl sites for hydroxylation is 2. The van der Waals surface area contributed by atoms with E-state index < -0.39 is 11.7 Å². The minimum Gasteiger partial charge on any atom is -0.435 e. The van der Waals surface area contributed by atoms with Crippen LogP contribution in [0.4, 0.5) is 10.6 Å². The van der Waals surface area contributed by atoms with Crippen LogP contribution in [-0.4, -0.2) is 69.8 Å². The predicted molar refractivity (Wildman–Crippen MR) is 140 cm³/mol.